The van der Waals surface area contributed by atoms with E-state index < -0.39 is 10.0 Å². The van der Waals surface area contributed by atoms with E-state index >= 15 is 0 Å². The SMILES string of the molecule is CCCCS(=O)(=O)NCCNC(=O)CCCN1C(=O)c2ccccc2C1=O. The Labute approximate surface area is 159 Å². The Balaban J connectivity index is 1.66. The number of benzene rings is 1. The highest BCUT2D eigenvalue weighted by atomic mass is 32.2. The van der Waals surface area contributed by atoms with Crippen molar-refractivity contribution < 1.29 is 22.8 Å². The maximum Gasteiger partial charge on any atom is 0.261 e. The summed E-state index contributed by atoms with van der Waals surface area (Å²) in [5, 5.41) is 2.62. The van der Waals surface area contributed by atoms with E-state index in [0.717, 1.165) is 11.3 Å². The molecule has 1 heterocycles. The third-order valence-electron chi connectivity index (χ3n) is 4.20. The number of sulfonamides is 1. The van der Waals surface area contributed by atoms with Crippen molar-refractivity contribution in [3.63, 3.8) is 0 Å². The molecule has 1 aliphatic rings. The van der Waals surface area contributed by atoms with Gasteiger partial charge in [0.25, 0.3) is 11.8 Å². The predicted octanol–water partition coefficient (Wildman–Crippen LogP) is 0.899. The number of carbonyl (C=O) groups is 3. The molecule has 0 radical (unpaired) electrons. The van der Waals surface area contributed by atoms with Gasteiger partial charge in [0.15, 0.2) is 0 Å². The zero-order chi connectivity index (χ0) is 19.9. The van der Waals surface area contributed by atoms with E-state index in [-0.39, 0.29) is 49.5 Å². The van der Waals surface area contributed by atoms with E-state index in [1.165, 1.54) is 0 Å². The number of nitrogens with one attached hydrogen (secondary N) is 2. The van der Waals surface area contributed by atoms with Crippen LogP contribution in [0.1, 0.15) is 53.3 Å². The molecule has 8 nitrogen and oxygen atoms in total. The summed E-state index contributed by atoms with van der Waals surface area (Å²) in [4.78, 5) is 37.4. The van der Waals surface area contributed by atoms with E-state index in [0.29, 0.717) is 24.0 Å². The monoisotopic (exact) mass is 395 g/mol. The Morgan fingerprint density at radius 2 is 1.67 bits per heavy atom. The minimum absolute atomic E-state index is 0.0811. The van der Waals surface area contributed by atoms with Crippen LogP contribution in [0.4, 0.5) is 0 Å². The minimum Gasteiger partial charge on any atom is -0.355 e. The minimum atomic E-state index is -3.29. The zero-order valence-electron chi connectivity index (χ0n) is 15.4. The largest absolute Gasteiger partial charge is 0.355 e. The lowest BCUT2D eigenvalue weighted by molar-refractivity contribution is -0.121. The average Bonchev–Trinajstić information content (AvgIpc) is 2.89. The molecule has 0 saturated carbocycles. The van der Waals surface area contributed by atoms with Crippen molar-refractivity contribution in [3.8, 4) is 0 Å². The van der Waals surface area contributed by atoms with Crippen molar-refractivity contribution in [3.05, 3.63) is 35.4 Å². The number of carbonyl (C=O) groups excluding carboxylic acids is 3. The van der Waals surface area contributed by atoms with Gasteiger partial charge in [-0.2, -0.15) is 0 Å². The maximum atomic E-state index is 12.2. The van der Waals surface area contributed by atoms with Gasteiger partial charge in [-0.3, -0.25) is 19.3 Å². The van der Waals surface area contributed by atoms with Crippen LogP contribution in [0, 0.1) is 0 Å². The molecular weight excluding hydrogens is 370 g/mol. The number of unbranched alkanes of at least 4 members (excludes halogenated alkanes) is 1. The Bertz CT molecular complexity index is 772. The molecule has 9 heteroatoms. The smallest absolute Gasteiger partial charge is 0.261 e. The van der Waals surface area contributed by atoms with Crippen LogP contribution in [-0.4, -0.2) is 56.4 Å². The number of hydrogen-bond acceptors (Lipinski definition) is 5. The fourth-order valence-electron chi connectivity index (χ4n) is 2.74. The first-order valence-electron chi connectivity index (χ1n) is 9.05. The molecule has 1 aromatic rings. The van der Waals surface area contributed by atoms with Crippen LogP contribution in [0.3, 0.4) is 0 Å². The molecule has 1 aliphatic heterocycles. The van der Waals surface area contributed by atoms with Crippen molar-refractivity contribution in [2.45, 2.75) is 32.6 Å². The standard InChI is InChI=1S/C18H25N3O5S/c1-2-3-13-27(25,26)20-11-10-19-16(22)9-6-12-21-17(23)14-7-4-5-8-15(14)18(21)24/h4-5,7-8,20H,2-3,6,9-13H2,1H3,(H,19,22). The van der Waals surface area contributed by atoms with Crippen molar-refractivity contribution in [1.29, 1.82) is 0 Å². The van der Waals surface area contributed by atoms with Gasteiger partial charge < -0.3 is 5.32 Å². The van der Waals surface area contributed by atoms with Crippen LogP contribution in [-0.2, 0) is 14.8 Å². The lowest BCUT2D eigenvalue weighted by Crippen LogP contribution is -2.36. The highest BCUT2D eigenvalue weighted by Gasteiger charge is 2.34. The molecule has 0 fully saturated rings. The fraction of sp³-hybridized carbons (Fsp3) is 0.500. The van der Waals surface area contributed by atoms with Crippen LogP contribution < -0.4 is 10.0 Å². The Morgan fingerprint density at radius 1 is 1.04 bits per heavy atom. The van der Waals surface area contributed by atoms with E-state index in [2.05, 4.69) is 10.0 Å². The van der Waals surface area contributed by atoms with Gasteiger partial charge in [0.2, 0.25) is 15.9 Å². The predicted molar refractivity (Wildman–Crippen MR) is 101 cm³/mol. The molecule has 1 aromatic carbocycles. The highest BCUT2D eigenvalue weighted by molar-refractivity contribution is 7.89. The molecule has 0 aliphatic carbocycles. The number of imide groups is 1. The molecular formula is C18H25N3O5S. The van der Waals surface area contributed by atoms with Gasteiger partial charge in [0, 0.05) is 26.1 Å². The summed E-state index contributed by atoms with van der Waals surface area (Å²) in [6, 6.07) is 6.64. The lowest BCUT2D eigenvalue weighted by atomic mass is 10.1. The van der Waals surface area contributed by atoms with E-state index in [9.17, 15) is 22.8 Å². The number of hydrogen-bond donors (Lipinski definition) is 2. The van der Waals surface area contributed by atoms with Gasteiger partial charge in [-0.1, -0.05) is 25.5 Å². The van der Waals surface area contributed by atoms with Crippen molar-refractivity contribution in [2.75, 3.05) is 25.4 Å². The first-order chi connectivity index (χ1) is 12.9. The van der Waals surface area contributed by atoms with Crippen LogP contribution >= 0.6 is 0 Å². The number of amides is 3. The van der Waals surface area contributed by atoms with Crippen LogP contribution in [0.5, 0.6) is 0 Å². The Morgan fingerprint density at radius 3 is 2.26 bits per heavy atom. The van der Waals surface area contributed by atoms with Crippen molar-refractivity contribution in [2.24, 2.45) is 0 Å². The van der Waals surface area contributed by atoms with Gasteiger partial charge in [0.05, 0.1) is 16.9 Å². The lowest BCUT2D eigenvalue weighted by Gasteiger charge is -2.13. The quantitative estimate of drug-likeness (QED) is 0.427. The molecule has 3 amide bonds. The summed E-state index contributed by atoms with van der Waals surface area (Å²) in [6.07, 6.45) is 1.89. The summed E-state index contributed by atoms with van der Waals surface area (Å²) >= 11 is 0. The molecule has 0 spiro atoms. The number of rotatable bonds is 11. The first-order valence-corrected chi connectivity index (χ1v) is 10.7. The molecule has 0 aromatic heterocycles. The summed E-state index contributed by atoms with van der Waals surface area (Å²) in [6.45, 7) is 2.41. The Hall–Kier alpha value is -2.26. The number of fused-ring (bicyclic) bond motifs is 1. The van der Waals surface area contributed by atoms with E-state index in [1.54, 1.807) is 24.3 Å². The summed E-state index contributed by atoms with van der Waals surface area (Å²) < 4.78 is 25.7. The van der Waals surface area contributed by atoms with Crippen LogP contribution in [0.2, 0.25) is 0 Å². The van der Waals surface area contributed by atoms with Crippen LogP contribution in [0.15, 0.2) is 24.3 Å². The average molecular weight is 395 g/mol. The third-order valence-corrected chi connectivity index (χ3v) is 5.67. The van der Waals surface area contributed by atoms with Gasteiger partial charge in [0.1, 0.15) is 0 Å². The highest BCUT2D eigenvalue weighted by Crippen LogP contribution is 2.22. The van der Waals surface area contributed by atoms with Crippen LogP contribution in [0.25, 0.3) is 0 Å². The molecule has 0 bridgehead atoms. The van der Waals surface area contributed by atoms with Crippen molar-refractivity contribution in [1.82, 2.24) is 14.9 Å². The second-order valence-electron chi connectivity index (χ2n) is 6.33. The molecule has 0 atom stereocenters. The summed E-state index contributed by atoms with van der Waals surface area (Å²) in [5.74, 6) is -0.841. The second kappa shape index (κ2) is 9.61. The van der Waals surface area contributed by atoms with Gasteiger partial charge in [-0.25, -0.2) is 13.1 Å². The van der Waals surface area contributed by atoms with Gasteiger partial charge >= 0.3 is 0 Å². The van der Waals surface area contributed by atoms with Crippen molar-refractivity contribution >= 4 is 27.7 Å². The fourth-order valence-corrected chi connectivity index (χ4v) is 3.97. The molecule has 2 N–H and O–H groups in total. The van der Waals surface area contributed by atoms with E-state index in [1.807, 2.05) is 6.92 Å². The molecule has 2 rings (SSSR count). The second-order valence-corrected chi connectivity index (χ2v) is 8.25. The van der Waals surface area contributed by atoms with E-state index in [4.69, 9.17) is 0 Å². The normalized spacial score (nSPS) is 13.7. The number of nitrogens with zero attached hydrogens (tertiary/aromatic N) is 1. The Kier molecular flexibility index (Phi) is 7.49. The maximum absolute atomic E-state index is 12.2. The van der Waals surface area contributed by atoms with Gasteiger partial charge in [-0.15, -0.1) is 0 Å². The molecule has 27 heavy (non-hydrogen) atoms. The molecule has 0 saturated heterocycles. The molecule has 148 valence electrons. The summed E-state index contributed by atoms with van der Waals surface area (Å²) in [5.41, 5.74) is 0.782. The zero-order valence-corrected chi connectivity index (χ0v) is 16.2. The third kappa shape index (κ3) is 5.86. The van der Waals surface area contributed by atoms with Gasteiger partial charge in [-0.05, 0) is 25.0 Å². The summed E-state index contributed by atoms with van der Waals surface area (Å²) in [7, 11) is -3.29. The first kappa shape index (κ1) is 21.0. The molecule has 0 unspecified atom stereocenters. The topological polar surface area (TPSA) is 113 Å².